The van der Waals surface area contributed by atoms with Gasteiger partial charge in [-0.1, -0.05) is 0 Å². The smallest absolute Gasteiger partial charge is 0.491 e. The molecule has 0 unspecified atom stereocenters. The summed E-state index contributed by atoms with van der Waals surface area (Å²) in [4.78, 5) is 16.6. The molecule has 13 heteroatoms. The summed E-state index contributed by atoms with van der Waals surface area (Å²) >= 11 is 0. The van der Waals surface area contributed by atoms with Crippen molar-refractivity contribution in [3.8, 4) is 23.3 Å². The van der Waals surface area contributed by atoms with E-state index in [4.69, 9.17) is 14.2 Å². The third-order valence-corrected chi connectivity index (χ3v) is 6.50. The zero-order valence-corrected chi connectivity index (χ0v) is 20.4. The Hall–Kier alpha value is -4.16. The molecular formula is C25H25F3N4O6. The van der Waals surface area contributed by atoms with Crippen LogP contribution in [-0.2, 0) is 5.54 Å². The summed E-state index contributed by atoms with van der Waals surface area (Å²) in [6.45, 7) is 3.96. The lowest BCUT2D eigenvalue weighted by atomic mass is 10.1. The Balaban J connectivity index is 1.10. The predicted octanol–water partition coefficient (Wildman–Crippen LogP) is 4.92. The van der Waals surface area contributed by atoms with Gasteiger partial charge in [0.1, 0.15) is 48.3 Å². The molecule has 38 heavy (non-hydrogen) atoms. The second-order valence-corrected chi connectivity index (χ2v) is 9.40. The fraction of sp³-hybridized carbons (Fsp3) is 0.400. The number of ether oxygens (including phenoxy) is 4. The van der Waals surface area contributed by atoms with Crippen molar-refractivity contribution in [1.82, 2.24) is 9.55 Å². The number of alkyl halides is 3. The molecule has 1 atom stereocenters. The SMILES string of the molecule is C[C@@]1(COc2ccc(N3CCC(Oc4ccc(OC(F)(F)F)cc4)CC3)cc2)COc2nc([N+](=O)[O-])cn21. The Morgan fingerprint density at radius 3 is 2.34 bits per heavy atom. The standard InChI is InChI=1S/C25H25F3N4O6/c1-24(16-36-23-29-22(32(33)34)14-31(23)24)15-35-18-4-2-17(3-5-18)30-12-10-20(11-13-30)37-19-6-8-21(9-7-19)38-25(26,27)28/h2-9,14,20H,10-13,15-16H2,1H3/t24-/m1/s1. The molecule has 0 amide bonds. The first-order chi connectivity index (χ1) is 18.1. The molecule has 3 heterocycles. The summed E-state index contributed by atoms with van der Waals surface area (Å²) in [6.07, 6.45) is -1.88. The van der Waals surface area contributed by atoms with E-state index in [0.717, 1.165) is 31.6 Å². The molecule has 0 N–H and O–H groups in total. The molecule has 0 spiro atoms. The number of benzene rings is 2. The fourth-order valence-corrected chi connectivity index (χ4v) is 4.46. The van der Waals surface area contributed by atoms with Crippen LogP contribution in [0.5, 0.6) is 23.3 Å². The minimum absolute atomic E-state index is 0.0403. The van der Waals surface area contributed by atoms with Crippen molar-refractivity contribution in [1.29, 1.82) is 0 Å². The van der Waals surface area contributed by atoms with Crippen molar-refractivity contribution in [2.45, 2.75) is 37.8 Å². The molecular weight excluding hydrogens is 509 g/mol. The second-order valence-electron chi connectivity index (χ2n) is 9.40. The van der Waals surface area contributed by atoms with Crippen LogP contribution in [0.25, 0.3) is 0 Å². The summed E-state index contributed by atoms with van der Waals surface area (Å²) in [6, 6.07) is 13.3. The van der Waals surface area contributed by atoms with Crippen LogP contribution in [0.3, 0.4) is 0 Å². The van der Waals surface area contributed by atoms with Gasteiger partial charge in [0.15, 0.2) is 0 Å². The minimum atomic E-state index is -4.72. The quantitative estimate of drug-likeness (QED) is 0.296. The molecule has 0 radical (unpaired) electrons. The van der Waals surface area contributed by atoms with Crippen molar-refractivity contribution in [3.63, 3.8) is 0 Å². The lowest BCUT2D eigenvalue weighted by molar-refractivity contribution is -0.389. The van der Waals surface area contributed by atoms with Crippen LogP contribution in [0.15, 0.2) is 54.7 Å². The normalized spacial score (nSPS) is 19.5. The molecule has 10 nitrogen and oxygen atoms in total. The second kappa shape index (κ2) is 9.95. The Kier molecular flexibility index (Phi) is 6.67. The summed E-state index contributed by atoms with van der Waals surface area (Å²) < 4.78 is 59.9. The molecule has 0 bridgehead atoms. The third kappa shape index (κ3) is 5.71. The molecule has 202 valence electrons. The number of halogens is 3. The van der Waals surface area contributed by atoms with Crippen molar-refractivity contribution in [3.05, 3.63) is 64.8 Å². The molecule has 1 aromatic heterocycles. The Morgan fingerprint density at radius 2 is 1.71 bits per heavy atom. The molecule has 1 saturated heterocycles. The first-order valence-electron chi connectivity index (χ1n) is 12.0. The number of fused-ring (bicyclic) bond motifs is 1. The van der Waals surface area contributed by atoms with Gasteiger partial charge in [0, 0.05) is 36.6 Å². The third-order valence-electron chi connectivity index (χ3n) is 6.50. The first-order valence-corrected chi connectivity index (χ1v) is 12.0. The molecule has 0 saturated carbocycles. The highest BCUT2D eigenvalue weighted by Crippen LogP contribution is 2.34. The Bertz CT molecular complexity index is 1270. The highest BCUT2D eigenvalue weighted by atomic mass is 19.4. The number of nitro groups is 1. The van der Waals surface area contributed by atoms with Gasteiger partial charge < -0.3 is 34.0 Å². The van der Waals surface area contributed by atoms with E-state index in [2.05, 4.69) is 14.6 Å². The number of hydrogen-bond donors (Lipinski definition) is 0. The minimum Gasteiger partial charge on any atom is -0.491 e. The van der Waals surface area contributed by atoms with Crippen LogP contribution in [0.1, 0.15) is 19.8 Å². The summed E-state index contributed by atoms with van der Waals surface area (Å²) in [5, 5.41) is 11.0. The topological polar surface area (TPSA) is 101 Å². The van der Waals surface area contributed by atoms with E-state index in [-0.39, 0.29) is 30.3 Å². The Labute approximate surface area is 215 Å². The molecule has 2 aliphatic heterocycles. The van der Waals surface area contributed by atoms with Gasteiger partial charge in [0.05, 0.1) is 0 Å². The Morgan fingerprint density at radius 1 is 1.08 bits per heavy atom. The van der Waals surface area contributed by atoms with Gasteiger partial charge >= 0.3 is 18.2 Å². The van der Waals surface area contributed by atoms with Crippen LogP contribution >= 0.6 is 0 Å². The highest BCUT2D eigenvalue weighted by Gasteiger charge is 2.42. The first kappa shape index (κ1) is 25.5. The zero-order chi connectivity index (χ0) is 26.9. The number of rotatable bonds is 8. The largest absolute Gasteiger partial charge is 0.573 e. The number of imidazole rings is 1. The van der Waals surface area contributed by atoms with Crippen molar-refractivity contribution in [2.24, 2.45) is 0 Å². The maximum atomic E-state index is 12.3. The average Bonchev–Trinajstić information content (AvgIpc) is 3.45. The predicted molar refractivity (Wildman–Crippen MR) is 129 cm³/mol. The molecule has 0 aliphatic carbocycles. The fourth-order valence-electron chi connectivity index (χ4n) is 4.46. The maximum absolute atomic E-state index is 12.3. The van der Waals surface area contributed by atoms with E-state index >= 15 is 0 Å². The van der Waals surface area contributed by atoms with Gasteiger partial charge in [0.2, 0.25) is 0 Å². The van der Waals surface area contributed by atoms with Crippen LogP contribution < -0.4 is 23.8 Å². The van der Waals surface area contributed by atoms with Gasteiger partial charge in [-0.25, -0.2) is 0 Å². The van der Waals surface area contributed by atoms with Crippen LogP contribution in [0.2, 0.25) is 0 Å². The van der Waals surface area contributed by atoms with Crippen LogP contribution in [-0.4, -0.2) is 53.2 Å². The summed E-state index contributed by atoms with van der Waals surface area (Å²) in [5.74, 6) is 0.610. The lowest BCUT2D eigenvalue weighted by Gasteiger charge is -2.34. The van der Waals surface area contributed by atoms with Crippen LogP contribution in [0.4, 0.5) is 24.7 Å². The molecule has 3 aromatic rings. The van der Waals surface area contributed by atoms with E-state index in [1.165, 1.54) is 30.5 Å². The van der Waals surface area contributed by atoms with Gasteiger partial charge in [-0.3, -0.25) is 4.57 Å². The average molecular weight is 534 g/mol. The number of aromatic nitrogens is 2. The maximum Gasteiger partial charge on any atom is 0.573 e. The number of hydrogen-bond acceptors (Lipinski definition) is 8. The van der Waals surface area contributed by atoms with E-state index < -0.39 is 16.8 Å². The number of nitrogens with zero attached hydrogens (tertiary/aromatic N) is 4. The molecule has 1 fully saturated rings. The molecule has 2 aromatic carbocycles. The molecule has 5 rings (SSSR count). The van der Waals surface area contributed by atoms with Crippen molar-refractivity contribution < 1.29 is 37.0 Å². The van der Waals surface area contributed by atoms with E-state index in [1.54, 1.807) is 4.57 Å². The molecule has 2 aliphatic rings. The van der Waals surface area contributed by atoms with Crippen molar-refractivity contribution >= 4 is 11.5 Å². The van der Waals surface area contributed by atoms with Crippen molar-refractivity contribution in [2.75, 3.05) is 31.2 Å². The van der Waals surface area contributed by atoms with E-state index in [0.29, 0.717) is 18.1 Å². The number of piperidine rings is 1. The highest BCUT2D eigenvalue weighted by molar-refractivity contribution is 5.49. The summed E-state index contributed by atoms with van der Waals surface area (Å²) in [5.41, 5.74) is 0.412. The van der Waals surface area contributed by atoms with Gasteiger partial charge in [-0.2, -0.15) is 0 Å². The van der Waals surface area contributed by atoms with Gasteiger partial charge in [-0.05, 0) is 60.4 Å². The van der Waals surface area contributed by atoms with Gasteiger partial charge in [-0.15, -0.1) is 13.2 Å². The van der Waals surface area contributed by atoms with Gasteiger partial charge in [0.25, 0.3) is 0 Å². The monoisotopic (exact) mass is 534 g/mol. The zero-order valence-electron chi connectivity index (χ0n) is 20.4. The summed E-state index contributed by atoms with van der Waals surface area (Å²) in [7, 11) is 0. The van der Waals surface area contributed by atoms with E-state index in [9.17, 15) is 23.3 Å². The number of anilines is 1. The lowest BCUT2D eigenvalue weighted by Crippen LogP contribution is -2.38. The van der Waals surface area contributed by atoms with Crippen LogP contribution in [0, 0.1) is 10.1 Å². The van der Waals surface area contributed by atoms with E-state index in [1.807, 2.05) is 31.2 Å².